The Morgan fingerprint density at radius 1 is 0.911 bits per heavy atom. The summed E-state index contributed by atoms with van der Waals surface area (Å²) >= 11 is 0. The van der Waals surface area contributed by atoms with E-state index in [2.05, 4.69) is 30.9 Å². The zero-order valence-electron chi connectivity index (χ0n) is 29.2. The van der Waals surface area contributed by atoms with Gasteiger partial charge in [0.2, 0.25) is 5.91 Å². The lowest BCUT2D eigenvalue weighted by Gasteiger charge is -2.13. The first kappa shape index (κ1) is 43.9. The lowest BCUT2D eigenvalue weighted by molar-refractivity contribution is -0.763. The molecule has 0 fully saturated rings. The minimum Gasteiger partial charge on any atom is -0.459 e. The van der Waals surface area contributed by atoms with Gasteiger partial charge >= 0.3 is 5.97 Å². The van der Waals surface area contributed by atoms with Crippen LogP contribution in [0.2, 0.25) is 0 Å². The van der Waals surface area contributed by atoms with E-state index in [0.717, 1.165) is 44.4 Å². The molecule has 0 saturated heterocycles. The summed E-state index contributed by atoms with van der Waals surface area (Å²) in [5.41, 5.74) is 1.27. The van der Waals surface area contributed by atoms with Crippen molar-refractivity contribution in [3.8, 4) is 0 Å². The number of benzene rings is 1. The Hall–Kier alpha value is -3.23. The molecule has 2 unspecified atom stereocenters. The summed E-state index contributed by atoms with van der Waals surface area (Å²) in [4.78, 5) is 49.9. The average molecular weight is 635 g/mol. The Morgan fingerprint density at radius 3 is 2.18 bits per heavy atom. The third-order valence-electron chi connectivity index (χ3n) is 7.12. The number of allylic oxidation sites excluding steroid dienone is 2. The molecule has 1 aromatic rings. The van der Waals surface area contributed by atoms with E-state index < -0.39 is 17.1 Å². The predicted molar refractivity (Wildman–Crippen MR) is 182 cm³/mol. The fourth-order valence-corrected chi connectivity index (χ4v) is 4.51. The largest absolute Gasteiger partial charge is 0.459 e. The van der Waals surface area contributed by atoms with Crippen LogP contribution < -0.4 is 5.32 Å². The standard InChI is InChI=1S/C18H24N2O6.C16H32O.C2H6/c1-3-4-5-6-10-17(21)19-14(2)18(22)25-12-15-8-7-9-16(11-15)13-26-20(23)24;1-4-7-8-9-10-12-16(17)14-13-15(6-3)11-5-2;1-2/h3-4,7-9,11,14H,5-6,10,12-13H2,1-2H3,(H,19,21);15H,4-14H2,1-3H3;1-2H3. The SMILES string of the molecule is CC.CC=CCCCC(=O)NC(C)C(=O)OCc1cccc(CO[N+](=O)[O-])c1.CCCCCCCC(=O)CCC(CC)CCC. The summed E-state index contributed by atoms with van der Waals surface area (Å²) < 4.78 is 5.17. The zero-order chi connectivity index (χ0) is 34.3. The van der Waals surface area contributed by atoms with Crippen LogP contribution in [0.4, 0.5) is 0 Å². The van der Waals surface area contributed by atoms with Crippen molar-refractivity contribution in [3.05, 3.63) is 57.7 Å². The van der Waals surface area contributed by atoms with Gasteiger partial charge in [0.25, 0.3) is 5.09 Å². The van der Waals surface area contributed by atoms with Crippen LogP contribution in [0.15, 0.2) is 36.4 Å². The van der Waals surface area contributed by atoms with E-state index >= 15 is 0 Å². The van der Waals surface area contributed by atoms with Crippen LogP contribution in [-0.2, 0) is 37.2 Å². The Balaban J connectivity index is 0. The van der Waals surface area contributed by atoms with Gasteiger partial charge in [-0.05, 0) is 56.6 Å². The van der Waals surface area contributed by atoms with Crippen LogP contribution in [0.3, 0.4) is 0 Å². The number of hydrogen-bond donors (Lipinski definition) is 1. The van der Waals surface area contributed by atoms with Gasteiger partial charge < -0.3 is 14.9 Å². The van der Waals surface area contributed by atoms with Gasteiger partial charge in [-0.15, -0.1) is 10.1 Å². The van der Waals surface area contributed by atoms with Gasteiger partial charge in [-0.1, -0.05) is 116 Å². The molecule has 258 valence electrons. The maximum Gasteiger partial charge on any atom is 0.328 e. The van der Waals surface area contributed by atoms with E-state index in [-0.39, 0.29) is 19.1 Å². The van der Waals surface area contributed by atoms with Crippen LogP contribution in [-0.4, -0.2) is 28.8 Å². The molecule has 0 aliphatic rings. The number of carbonyl (C=O) groups is 3. The summed E-state index contributed by atoms with van der Waals surface area (Å²) in [7, 11) is 0. The molecule has 0 heterocycles. The molecule has 0 saturated carbocycles. The van der Waals surface area contributed by atoms with Crippen molar-refractivity contribution in [2.24, 2.45) is 5.92 Å². The first-order chi connectivity index (χ1) is 21.7. The van der Waals surface area contributed by atoms with Crippen molar-refractivity contribution in [2.45, 2.75) is 158 Å². The van der Waals surface area contributed by atoms with Gasteiger partial charge in [0.15, 0.2) is 0 Å². The average Bonchev–Trinajstić information content (AvgIpc) is 3.04. The van der Waals surface area contributed by atoms with Crippen LogP contribution in [0, 0.1) is 16.0 Å². The summed E-state index contributed by atoms with van der Waals surface area (Å²) in [5, 5.41) is 11.9. The lowest BCUT2D eigenvalue weighted by atomic mass is 9.93. The maximum absolute atomic E-state index is 12.0. The summed E-state index contributed by atoms with van der Waals surface area (Å²) in [6.07, 6.45) is 18.6. The molecule has 0 aromatic heterocycles. The number of nitrogens with one attached hydrogen (secondary N) is 1. The fourth-order valence-electron chi connectivity index (χ4n) is 4.51. The molecule has 2 atom stereocenters. The highest BCUT2D eigenvalue weighted by Gasteiger charge is 2.17. The third kappa shape index (κ3) is 26.9. The fraction of sp³-hybridized carbons (Fsp3) is 0.694. The minimum atomic E-state index is -0.865. The Labute approximate surface area is 273 Å². The van der Waals surface area contributed by atoms with E-state index in [1.54, 1.807) is 31.2 Å². The number of nitrogens with zero attached hydrogens (tertiary/aromatic N) is 1. The van der Waals surface area contributed by atoms with Gasteiger partial charge in [0, 0.05) is 19.3 Å². The molecule has 0 spiro atoms. The molecule has 0 aliphatic heterocycles. The van der Waals surface area contributed by atoms with Crippen molar-refractivity contribution in [1.29, 1.82) is 0 Å². The highest BCUT2D eigenvalue weighted by molar-refractivity contribution is 5.84. The van der Waals surface area contributed by atoms with Gasteiger partial charge in [0.05, 0.1) is 0 Å². The van der Waals surface area contributed by atoms with Crippen LogP contribution in [0.25, 0.3) is 0 Å². The second-order valence-corrected chi connectivity index (χ2v) is 11.0. The van der Waals surface area contributed by atoms with Crippen molar-refractivity contribution >= 4 is 17.7 Å². The molecule has 0 bridgehead atoms. The van der Waals surface area contributed by atoms with E-state index in [1.807, 2.05) is 32.9 Å². The molecule has 1 rings (SSSR count). The number of ether oxygens (including phenoxy) is 1. The van der Waals surface area contributed by atoms with Crippen LogP contribution >= 0.6 is 0 Å². The second kappa shape index (κ2) is 30.8. The van der Waals surface area contributed by atoms with Crippen molar-refractivity contribution in [3.63, 3.8) is 0 Å². The molecular weight excluding hydrogens is 572 g/mol. The number of carbonyl (C=O) groups excluding carboxylic acids is 3. The first-order valence-corrected chi connectivity index (χ1v) is 17.1. The number of ketones is 1. The number of unbranched alkanes of at least 4 members (excludes halogenated alkanes) is 5. The monoisotopic (exact) mass is 634 g/mol. The number of hydrogen-bond acceptors (Lipinski definition) is 7. The molecule has 1 aromatic carbocycles. The second-order valence-electron chi connectivity index (χ2n) is 11.0. The number of Topliss-reactive ketones (excluding diaryl/α,β-unsaturated/α-hetero) is 1. The summed E-state index contributed by atoms with van der Waals surface area (Å²) in [6.45, 7) is 14.0. The first-order valence-electron chi connectivity index (χ1n) is 17.1. The topological polar surface area (TPSA) is 125 Å². The number of amides is 1. The Kier molecular flexibility index (Phi) is 30.0. The van der Waals surface area contributed by atoms with Crippen molar-refractivity contribution in [2.75, 3.05) is 0 Å². The van der Waals surface area contributed by atoms with Gasteiger partial charge in [-0.25, -0.2) is 4.79 Å². The van der Waals surface area contributed by atoms with E-state index in [1.165, 1.54) is 44.9 Å². The van der Waals surface area contributed by atoms with Gasteiger partial charge in [0.1, 0.15) is 25.0 Å². The van der Waals surface area contributed by atoms with Crippen molar-refractivity contribution < 1.29 is 29.0 Å². The van der Waals surface area contributed by atoms with Crippen LogP contribution in [0.1, 0.15) is 149 Å². The third-order valence-corrected chi connectivity index (χ3v) is 7.12. The smallest absolute Gasteiger partial charge is 0.328 e. The molecule has 9 nitrogen and oxygen atoms in total. The lowest BCUT2D eigenvalue weighted by Crippen LogP contribution is -2.39. The predicted octanol–water partition coefficient (Wildman–Crippen LogP) is 9.24. The van der Waals surface area contributed by atoms with E-state index in [9.17, 15) is 24.5 Å². The normalized spacial score (nSPS) is 11.7. The molecule has 0 radical (unpaired) electrons. The maximum atomic E-state index is 12.0. The highest BCUT2D eigenvalue weighted by Crippen LogP contribution is 2.18. The summed E-state index contributed by atoms with van der Waals surface area (Å²) in [5.74, 6) is 0.539. The Morgan fingerprint density at radius 2 is 1.58 bits per heavy atom. The summed E-state index contributed by atoms with van der Waals surface area (Å²) in [6, 6.07) is 6.00. The quantitative estimate of drug-likeness (QED) is 0.0418. The van der Waals surface area contributed by atoms with Crippen LogP contribution in [0.5, 0.6) is 0 Å². The molecule has 45 heavy (non-hydrogen) atoms. The highest BCUT2D eigenvalue weighted by atomic mass is 16.9. The molecule has 9 heteroatoms. The molecule has 1 N–H and O–H groups in total. The van der Waals surface area contributed by atoms with Gasteiger partial charge in [-0.3, -0.25) is 9.59 Å². The molecular formula is C36H62N2O7. The van der Waals surface area contributed by atoms with Gasteiger partial charge in [-0.2, -0.15) is 0 Å². The van der Waals surface area contributed by atoms with E-state index in [0.29, 0.717) is 23.3 Å². The number of rotatable bonds is 23. The number of esters is 1. The molecule has 0 aliphatic carbocycles. The zero-order valence-corrected chi connectivity index (χ0v) is 29.2. The van der Waals surface area contributed by atoms with E-state index in [4.69, 9.17) is 4.74 Å². The minimum absolute atomic E-state index is 0.00659. The Bertz CT molecular complexity index is 949. The molecule has 1 amide bonds. The van der Waals surface area contributed by atoms with Crippen molar-refractivity contribution in [1.82, 2.24) is 5.32 Å².